The molecule has 2 atom stereocenters. The van der Waals surface area contributed by atoms with Crippen LogP contribution in [0.4, 0.5) is 0 Å². The third-order valence-electron chi connectivity index (χ3n) is 10.5. The van der Waals surface area contributed by atoms with E-state index < -0.39 is 21.3 Å². The summed E-state index contributed by atoms with van der Waals surface area (Å²) in [5, 5.41) is 0. The summed E-state index contributed by atoms with van der Waals surface area (Å²) in [6, 6.07) is 19.4. The molecule has 0 amide bonds. The Morgan fingerprint density at radius 2 is 0.897 bits per heavy atom. The van der Waals surface area contributed by atoms with Crippen LogP contribution in [0.3, 0.4) is 0 Å². The van der Waals surface area contributed by atoms with E-state index in [0.717, 1.165) is 19.1 Å². The van der Waals surface area contributed by atoms with Crippen molar-refractivity contribution in [2.45, 2.75) is 104 Å². The predicted octanol–water partition coefficient (Wildman–Crippen LogP) is 4.19. The van der Waals surface area contributed by atoms with E-state index in [1.165, 1.54) is 96.3 Å². The van der Waals surface area contributed by atoms with Crippen molar-refractivity contribution < 1.29 is 46.1 Å². The third kappa shape index (κ3) is 5.81. The molecule has 0 spiro atoms. The summed E-state index contributed by atoms with van der Waals surface area (Å²) >= 11 is -2.12. The van der Waals surface area contributed by atoms with Gasteiger partial charge >= 0.3 is 234 Å². The van der Waals surface area contributed by atoms with Gasteiger partial charge in [0.1, 0.15) is 0 Å². The van der Waals surface area contributed by atoms with Gasteiger partial charge in [0.15, 0.2) is 0 Å². The third-order valence-corrected chi connectivity index (χ3v) is 19.4. The van der Waals surface area contributed by atoms with Gasteiger partial charge in [0.2, 0.25) is 0 Å². The fourth-order valence-corrected chi connectivity index (χ4v) is 18.8. The van der Waals surface area contributed by atoms with Crippen molar-refractivity contribution in [1.29, 1.82) is 0 Å². The van der Waals surface area contributed by atoms with Crippen molar-refractivity contribution in [3.05, 3.63) is 82.9 Å². The van der Waals surface area contributed by atoms with E-state index in [0.29, 0.717) is 0 Å². The Bertz CT molecular complexity index is 1150. The van der Waals surface area contributed by atoms with Gasteiger partial charge in [-0.05, 0) is 0 Å². The Morgan fingerprint density at radius 1 is 0.487 bits per heavy atom. The zero-order valence-electron chi connectivity index (χ0n) is 23.4. The van der Waals surface area contributed by atoms with E-state index in [1.807, 2.05) is 0 Å². The van der Waals surface area contributed by atoms with E-state index in [9.17, 15) is 0 Å². The summed E-state index contributed by atoms with van der Waals surface area (Å²) in [5.41, 5.74) is 10.3. The monoisotopic (exact) mass is 636 g/mol. The molecule has 5 aliphatic rings. The summed E-state index contributed by atoms with van der Waals surface area (Å²) in [5.74, 6) is 1.62. The number of benzene rings is 2. The first kappa shape index (κ1) is 29.7. The maximum Gasteiger partial charge on any atom is -1.00 e. The Hall–Kier alpha value is -0.747. The Morgan fingerprint density at radius 3 is 1.36 bits per heavy atom. The zero-order valence-corrected chi connectivity index (χ0v) is 27.4. The molecule has 2 aromatic carbocycles. The minimum atomic E-state index is -2.12. The van der Waals surface area contributed by atoms with E-state index in [1.54, 1.807) is 33.4 Å². The largest absolute Gasteiger partial charge is 1.00 e. The summed E-state index contributed by atoms with van der Waals surface area (Å²) in [6.45, 7) is 0. The Labute approximate surface area is 257 Å². The number of hydrogen-bond acceptors (Lipinski definition) is 0. The standard InChI is InChI=1S/2C15H17.C6H10.2ClH.Zr/c2*1-2-6-12(7-3-1)15-11-10-13-8-4-5-9-14(13)15;1-2-4-6-5-3-1;;;/h2*4-5,8-12H,1-3,6-7H2;1-5H2;2*1H;/q;;;;;+2/p-2. The van der Waals surface area contributed by atoms with Crippen molar-refractivity contribution >= 4 is 14.4 Å². The van der Waals surface area contributed by atoms with E-state index in [4.69, 9.17) is 0 Å². The number of hydrogen-bond donors (Lipinski definition) is 0. The molecule has 39 heavy (non-hydrogen) atoms. The van der Waals surface area contributed by atoms with Crippen LogP contribution >= 0.6 is 0 Å². The van der Waals surface area contributed by atoms with Crippen LogP contribution in [0.25, 0.3) is 11.1 Å². The quantitative estimate of drug-likeness (QED) is 0.472. The maximum absolute atomic E-state index is 2.89. The Kier molecular flexibility index (Phi) is 10.3. The van der Waals surface area contributed by atoms with Gasteiger partial charge in [0, 0.05) is 0 Å². The van der Waals surface area contributed by atoms with Crippen LogP contribution in [0, 0.1) is 11.8 Å². The molecule has 2 unspecified atom stereocenters. The minimum Gasteiger partial charge on any atom is -1.00 e. The van der Waals surface area contributed by atoms with E-state index in [-0.39, 0.29) is 24.8 Å². The van der Waals surface area contributed by atoms with Crippen LogP contribution in [0.5, 0.6) is 0 Å². The summed E-state index contributed by atoms with van der Waals surface area (Å²) in [7, 11) is 0. The maximum atomic E-state index is 2.89. The van der Waals surface area contributed by atoms with Gasteiger partial charge in [-0.2, -0.15) is 0 Å². The van der Waals surface area contributed by atoms with Gasteiger partial charge in [-0.25, -0.2) is 0 Å². The molecule has 0 N–H and O–H groups in total. The van der Waals surface area contributed by atoms with Crippen LogP contribution in [-0.2, 0) is 21.3 Å². The zero-order chi connectivity index (χ0) is 24.6. The molecular formula is C36H44Cl2Zr. The molecule has 3 fully saturated rings. The normalized spacial score (nSPS) is 24.8. The van der Waals surface area contributed by atoms with Crippen LogP contribution in [0.1, 0.15) is 126 Å². The first-order chi connectivity index (χ1) is 18.4. The van der Waals surface area contributed by atoms with Gasteiger partial charge in [-0.3, -0.25) is 0 Å². The van der Waals surface area contributed by atoms with Gasteiger partial charge in [-0.15, -0.1) is 0 Å². The van der Waals surface area contributed by atoms with E-state index >= 15 is 0 Å². The van der Waals surface area contributed by atoms with Crippen molar-refractivity contribution in [2.24, 2.45) is 11.8 Å². The second-order valence-electron chi connectivity index (χ2n) is 12.7. The molecule has 3 saturated carbocycles. The fraction of sp³-hybridized carbons (Fsp3) is 0.528. The molecule has 0 aromatic heterocycles. The second-order valence-corrected chi connectivity index (χ2v) is 19.7. The summed E-state index contributed by atoms with van der Waals surface area (Å²) < 4.78 is 3.56. The number of allylic oxidation sites excluding steroid dienone is 4. The SMILES string of the molecule is C1=C(C2CCCCC2)c2ccccc2[CH]1[Zr+2](=[C]1CCCCC1)[CH]1C=C(C2CCCCC2)c2ccccc21.[Cl-].[Cl-]. The molecular weight excluding hydrogens is 595 g/mol. The topological polar surface area (TPSA) is 0 Å². The van der Waals surface area contributed by atoms with Crippen molar-refractivity contribution in [1.82, 2.24) is 0 Å². The van der Waals surface area contributed by atoms with Gasteiger partial charge in [0.25, 0.3) is 0 Å². The second kappa shape index (κ2) is 13.5. The minimum absolute atomic E-state index is 0. The van der Waals surface area contributed by atoms with Crippen molar-refractivity contribution in [3.8, 4) is 0 Å². The molecule has 0 aliphatic heterocycles. The molecule has 0 nitrogen and oxygen atoms in total. The molecule has 5 aliphatic carbocycles. The number of rotatable bonds is 4. The van der Waals surface area contributed by atoms with Crippen LogP contribution in [-0.4, -0.2) is 3.21 Å². The van der Waals surface area contributed by atoms with Gasteiger partial charge in [0.05, 0.1) is 0 Å². The molecule has 0 radical (unpaired) electrons. The molecule has 0 bridgehead atoms. The number of halogens is 2. The van der Waals surface area contributed by atoms with Gasteiger partial charge in [-0.1, -0.05) is 0 Å². The van der Waals surface area contributed by atoms with Crippen LogP contribution in [0.15, 0.2) is 60.7 Å². The summed E-state index contributed by atoms with van der Waals surface area (Å²) in [4.78, 5) is 0. The Balaban J connectivity index is 0.00000154. The van der Waals surface area contributed by atoms with Crippen molar-refractivity contribution in [2.75, 3.05) is 0 Å². The average molecular weight is 639 g/mol. The van der Waals surface area contributed by atoms with Crippen molar-refractivity contribution in [3.63, 3.8) is 0 Å². The smallest absolute Gasteiger partial charge is 1.00 e. The molecule has 2 aromatic rings. The molecule has 7 rings (SSSR count). The molecule has 0 saturated heterocycles. The first-order valence-corrected chi connectivity index (χ1v) is 19.8. The van der Waals surface area contributed by atoms with Crippen LogP contribution < -0.4 is 24.8 Å². The van der Waals surface area contributed by atoms with E-state index in [2.05, 4.69) is 63.9 Å². The number of fused-ring (bicyclic) bond motifs is 2. The molecule has 206 valence electrons. The van der Waals surface area contributed by atoms with Gasteiger partial charge < -0.3 is 24.8 Å². The molecule has 3 heteroatoms. The predicted molar refractivity (Wildman–Crippen MR) is 156 cm³/mol. The molecule has 0 heterocycles. The first-order valence-electron chi connectivity index (χ1n) is 15.7. The summed E-state index contributed by atoms with van der Waals surface area (Å²) in [6.07, 6.45) is 27.3. The fourth-order valence-electron chi connectivity index (χ4n) is 8.73. The average Bonchev–Trinajstić information content (AvgIpc) is 3.55. The van der Waals surface area contributed by atoms with Crippen LogP contribution in [0.2, 0.25) is 0 Å².